The molecule has 1 fully saturated rings. The molecule has 2 atom stereocenters. The van der Waals surface area contributed by atoms with E-state index >= 15 is 0 Å². The van der Waals surface area contributed by atoms with Crippen LogP contribution in [0.25, 0.3) is 0 Å². The predicted octanol–water partition coefficient (Wildman–Crippen LogP) is 5.63. The molecular formula is C20H16ClF2NO3S. The molecule has 28 heavy (non-hydrogen) atoms. The van der Waals surface area contributed by atoms with Crippen molar-refractivity contribution in [2.45, 2.75) is 36.9 Å². The number of hydrogen-bond acceptors (Lipinski definition) is 4. The summed E-state index contributed by atoms with van der Waals surface area (Å²) in [5, 5.41) is 1.73. The highest BCUT2D eigenvalue weighted by Crippen LogP contribution is 2.44. The number of fused-ring (bicyclic) bond motifs is 1. The highest BCUT2D eigenvalue weighted by atomic mass is 35.5. The van der Waals surface area contributed by atoms with E-state index in [4.69, 9.17) is 16.3 Å². The van der Waals surface area contributed by atoms with Gasteiger partial charge in [0.05, 0.1) is 5.02 Å². The van der Waals surface area contributed by atoms with E-state index in [1.54, 1.807) is 6.07 Å². The number of rotatable bonds is 4. The highest BCUT2D eigenvalue weighted by molar-refractivity contribution is 8.15. The van der Waals surface area contributed by atoms with Gasteiger partial charge in [-0.3, -0.25) is 14.9 Å². The zero-order chi connectivity index (χ0) is 20.1. The number of imide groups is 1. The van der Waals surface area contributed by atoms with Crippen LogP contribution in [-0.2, 0) is 17.1 Å². The van der Waals surface area contributed by atoms with Crippen LogP contribution in [-0.4, -0.2) is 16.4 Å². The molecule has 1 unspecified atom stereocenters. The molecule has 2 aromatic carbocycles. The quantitative estimate of drug-likeness (QED) is 0.692. The molecule has 0 radical (unpaired) electrons. The summed E-state index contributed by atoms with van der Waals surface area (Å²) in [6, 6.07) is 9.44. The molecule has 2 aliphatic rings. The van der Waals surface area contributed by atoms with Crippen LogP contribution in [0.4, 0.5) is 13.6 Å². The minimum Gasteiger partial charge on any atom is -0.456 e. The zero-order valence-electron chi connectivity index (χ0n) is 14.8. The Morgan fingerprint density at radius 3 is 2.64 bits per heavy atom. The predicted molar refractivity (Wildman–Crippen MR) is 104 cm³/mol. The average Bonchev–Trinajstić information content (AvgIpc) is 3.17. The molecule has 1 aliphatic heterocycles. The standard InChI is InChI=1S/C20H16ClF2NO3S/c1-20(22,23)11-3-7-16(15(21)9-11)27-12-4-6-13-10(8-12)2-5-14(13)17-18(25)24-19(26)28-17/h3-4,6-9,14,17H,2,5H2,1H3,(H,24,25,26)/t14-,17?/m1/s1. The summed E-state index contributed by atoms with van der Waals surface area (Å²) < 4.78 is 32.6. The molecule has 1 heterocycles. The van der Waals surface area contributed by atoms with Crippen molar-refractivity contribution >= 4 is 34.5 Å². The Morgan fingerprint density at radius 1 is 1.21 bits per heavy atom. The number of hydrogen-bond donors (Lipinski definition) is 1. The Balaban J connectivity index is 1.54. The zero-order valence-corrected chi connectivity index (χ0v) is 16.4. The van der Waals surface area contributed by atoms with Crippen molar-refractivity contribution in [2.24, 2.45) is 0 Å². The van der Waals surface area contributed by atoms with E-state index in [2.05, 4.69) is 5.32 Å². The number of thioether (sulfide) groups is 1. The fraction of sp³-hybridized carbons (Fsp3) is 0.300. The maximum atomic E-state index is 13.4. The van der Waals surface area contributed by atoms with Crippen LogP contribution >= 0.6 is 23.4 Å². The monoisotopic (exact) mass is 423 g/mol. The third kappa shape index (κ3) is 3.61. The van der Waals surface area contributed by atoms with Gasteiger partial charge in [-0.05, 0) is 54.3 Å². The number of carbonyl (C=O) groups excluding carboxylic acids is 2. The molecule has 1 aliphatic carbocycles. The molecule has 146 valence electrons. The minimum atomic E-state index is -2.98. The van der Waals surface area contributed by atoms with Crippen molar-refractivity contribution in [3.8, 4) is 11.5 Å². The first-order chi connectivity index (χ1) is 13.2. The van der Waals surface area contributed by atoms with Crippen LogP contribution in [0.1, 0.15) is 36.0 Å². The maximum Gasteiger partial charge on any atom is 0.286 e. The molecule has 4 rings (SSSR count). The molecule has 0 saturated carbocycles. The van der Waals surface area contributed by atoms with Gasteiger partial charge in [0.1, 0.15) is 16.7 Å². The molecule has 0 aromatic heterocycles. The second kappa shape index (κ2) is 7.04. The number of halogens is 3. The number of benzene rings is 2. The van der Waals surface area contributed by atoms with Gasteiger partial charge in [-0.25, -0.2) is 8.78 Å². The topological polar surface area (TPSA) is 55.4 Å². The Kier molecular flexibility index (Phi) is 4.83. The summed E-state index contributed by atoms with van der Waals surface area (Å²) in [4.78, 5) is 23.4. The van der Waals surface area contributed by atoms with Gasteiger partial charge in [-0.2, -0.15) is 0 Å². The molecule has 0 bridgehead atoms. The number of carbonyl (C=O) groups is 2. The summed E-state index contributed by atoms with van der Waals surface area (Å²) >= 11 is 7.14. The lowest BCUT2D eigenvalue weighted by atomic mass is 9.97. The maximum absolute atomic E-state index is 13.4. The van der Waals surface area contributed by atoms with Gasteiger partial charge in [-0.1, -0.05) is 29.4 Å². The Morgan fingerprint density at radius 2 is 2.00 bits per heavy atom. The molecule has 1 saturated heterocycles. The lowest BCUT2D eigenvalue weighted by Gasteiger charge is -2.16. The van der Waals surface area contributed by atoms with Crippen molar-refractivity contribution in [1.82, 2.24) is 5.32 Å². The molecule has 2 amide bonds. The number of alkyl halides is 2. The minimum absolute atomic E-state index is 0.0184. The summed E-state index contributed by atoms with van der Waals surface area (Å²) in [6.45, 7) is 0.812. The van der Waals surface area contributed by atoms with E-state index in [0.717, 1.165) is 42.7 Å². The number of nitrogens with one attached hydrogen (secondary N) is 1. The molecule has 8 heteroatoms. The van der Waals surface area contributed by atoms with E-state index in [0.29, 0.717) is 11.5 Å². The molecule has 1 N–H and O–H groups in total. The first-order valence-electron chi connectivity index (χ1n) is 8.72. The average molecular weight is 424 g/mol. The van der Waals surface area contributed by atoms with Crippen LogP contribution < -0.4 is 10.1 Å². The van der Waals surface area contributed by atoms with Gasteiger partial charge in [0.15, 0.2) is 0 Å². The van der Waals surface area contributed by atoms with E-state index in [-0.39, 0.29) is 27.7 Å². The number of aryl methyl sites for hydroxylation is 1. The summed E-state index contributed by atoms with van der Waals surface area (Å²) in [5.74, 6) is -2.41. The van der Waals surface area contributed by atoms with E-state index < -0.39 is 11.2 Å². The summed E-state index contributed by atoms with van der Waals surface area (Å²) in [7, 11) is 0. The fourth-order valence-corrected chi connectivity index (χ4v) is 4.85. The lowest BCUT2D eigenvalue weighted by molar-refractivity contribution is -0.119. The first kappa shape index (κ1) is 19.2. The smallest absolute Gasteiger partial charge is 0.286 e. The summed E-state index contributed by atoms with van der Waals surface area (Å²) in [5.41, 5.74) is 1.90. The van der Waals surface area contributed by atoms with Crippen molar-refractivity contribution in [3.63, 3.8) is 0 Å². The van der Waals surface area contributed by atoms with E-state index in [1.807, 2.05) is 12.1 Å². The van der Waals surface area contributed by atoms with Crippen molar-refractivity contribution in [1.29, 1.82) is 0 Å². The van der Waals surface area contributed by atoms with Crippen molar-refractivity contribution in [3.05, 3.63) is 58.1 Å². The highest BCUT2D eigenvalue weighted by Gasteiger charge is 2.41. The second-order valence-electron chi connectivity index (χ2n) is 6.96. The normalized spacial score (nSPS) is 21.6. The van der Waals surface area contributed by atoms with Crippen LogP contribution in [0, 0.1) is 0 Å². The Labute approximate surface area is 169 Å². The molecular weight excluding hydrogens is 408 g/mol. The van der Waals surface area contributed by atoms with Gasteiger partial charge < -0.3 is 4.74 Å². The third-order valence-corrected chi connectivity index (χ3v) is 6.40. The van der Waals surface area contributed by atoms with Gasteiger partial charge in [0.2, 0.25) is 5.91 Å². The van der Waals surface area contributed by atoms with Crippen LogP contribution in [0.3, 0.4) is 0 Å². The fourth-order valence-electron chi connectivity index (χ4n) is 3.62. The van der Waals surface area contributed by atoms with Gasteiger partial charge in [0, 0.05) is 18.4 Å². The largest absolute Gasteiger partial charge is 0.456 e. The van der Waals surface area contributed by atoms with Crippen molar-refractivity contribution < 1.29 is 23.1 Å². The van der Waals surface area contributed by atoms with Crippen molar-refractivity contribution in [2.75, 3.05) is 0 Å². The molecule has 2 aromatic rings. The Hall–Kier alpha value is -2.12. The van der Waals surface area contributed by atoms with Gasteiger partial charge >= 0.3 is 0 Å². The Bertz CT molecular complexity index is 976. The van der Waals surface area contributed by atoms with Crippen LogP contribution in [0.15, 0.2) is 36.4 Å². The van der Waals surface area contributed by atoms with Crippen LogP contribution in [0.5, 0.6) is 11.5 Å². The van der Waals surface area contributed by atoms with Gasteiger partial charge in [-0.15, -0.1) is 0 Å². The first-order valence-corrected chi connectivity index (χ1v) is 9.98. The third-order valence-electron chi connectivity index (χ3n) is 4.99. The molecule has 0 spiro atoms. The second-order valence-corrected chi connectivity index (χ2v) is 8.48. The van der Waals surface area contributed by atoms with E-state index in [1.165, 1.54) is 18.2 Å². The lowest BCUT2D eigenvalue weighted by Crippen LogP contribution is -2.27. The number of ether oxygens (including phenoxy) is 1. The van der Waals surface area contributed by atoms with E-state index in [9.17, 15) is 18.4 Å². The van der Waals surface area contributed by atoms with Crippen LogP contribution in [0.2, 0.25) is 5.02 Å². The SMILES string of the molecule is CC(F)(F)c1ccc(Oc2ccc3c(c2)CC[C@H]3C2SC(=O)NC2=O)c(Cl)c1. The van der Waals surface area contributed by atoms with Gasteiger partial charge in [0.25, 0.3) is 11.2 Å². The molecule has 4 nitrogen and oxygen atoms in total. The summed E-state index contributed by atoms with van der Waals surface area (Å²) in [6.07, 6.45) is 1.54. The number of amides is 2.